The first-order valence-corrected chi connectivity index (χ1v) is 9.53. The van der Waals surface area contributed by atoms with Crippen molar-refractivity contribution in [2.75, 3.05) is 19.6 Å². The van der Waals surface area contributed by atoms with Crippen LogP contribution >= 0.6 is 0 Å². The number of aromatic nitrogens is 3. The lowest BCUT2D eigenvalue weighted by atomic mass is 10.1. The van der Waals surface area contributed by atoms with E-state index in [-0.39, 0.29) is 17.7 Å². The molecule has 1 aromatic carbocycles. The van der Waals surface area contributed by atoms with E-state index in [1.165, 1.54) is 5.56 Å². The zero-order chi connectivity index (χ0) is 19.5. The molecule has 0 aliphatic carbocycles. The number of hydrogen-bond acceptors (Lipinski definition) is 4. The third kappa shape index (κ3) is 3.74. The van der Waals surface area contributed by atoms with Crippen molar-refractivity contribution in [2.24, 2.45) is 5.92 Å². The minimum atomic E-state index is -0.170. The monoisotopic (exact) mass is 377 g/mol. The van der Waals surface area contributed by atoms with Crippen molar-refractivity contribution in [3.8, 4) is 0 Å². The molecule has 3 heterocycles. The molecule has 7 heteroatoms. The van der Waals surface area contributed by atoms with Crippen LogP contribution in [0.25, 0.3) is 5.65 Å². The Kier molecular flexibility index (Phi) is 5.06. The number of amides is 2. The molecule has 1 fully saturated rings. The summed E-state index contributed by atoms with van der Waals surface area (Å²) in [5.74, 6) is -0.275. The van der Waals surface area contributed by atoms with Crippen molar-refractivity contribution < 1.29 is 9.59 Å². The van der Waals surface area contributed by atoms with Crippen molar-refractivity contribution in [3.63, 3.8) is 0 Å². The molecule has 0 spiro atoms. The highest BCUT2D eigenvalue weighted by Gasteiger charge is 2.32. The van der Waals surface area contributed by atoms with Gasteiger partial charge in [0.1, 0.15) is 5.56 Å². The Bertz CT molecular complexity index is 998. The predicted molar refractivity (Wildman–Crippen MR) is 105 cm³/mol. The average molecular weight is 377 g/mol. The van der Waals surface area contributed by atoms with Gasteiger partial charge in [-0.2, -0.15) is 5.10 Å². The minimum absolute atomic E-state index is 0.0137. The number of likely N-dealkylation sites (tertiary alicyclic amines) is 1. The fourth-order valence-corrected chi connectivity index (χ4v) is 3.57. The van der Waals surface area contributed by atoms with Crippen LogP contribution in [-0.4, -0.2) is 50.9 Å². The molecule has 1 N–H and O–H groups in total. The smallest absolute Gasteiger partial charge is 0.259 e. The van der Waals surface area contributed by atoms with E-state index in [9.17, 15) is 9.59 Å². The van der Waals surface area contributed by atoms with Gasteiger partial charge in [0.05, 0.1) is 12.1 Å². The fraction of sp³-hybridized carbons (Fsp3) is 0.333. The largest absolute Gasteiger partial charge is 0.355 e. The van der Waals surface area contributed by atoms with Gasteiger partial charge < -0.3 is 10.2 Å². The molecule has 3 aromatic rings. The van der Waals surface area contributed by atoms with Crippen LogP contribution in [0, 0.1) is 12.8 Å². The Morgan fingerprint density at radius 2 is 2.04 bits per heavy atom. The molecule has 1 atom stereocenters. The van der Waals surface area contributed by atoms with E-state index in [1.807, 2.05) is 43.5 Å². The Labute approximate surface area is 163 Å². The van der Waals surface area contributed by atoms with Gasteiger partial charge in [0, 0.05) is 32.0 Å². The summed E-state index contributed by atoms with van der Waals surface area (Å²) in [6, 6.07) is 10.1. The second kappa shape index (κ2) is 7.80. The topological polar surface area (TPSA) is 79.6 Å². The van der Waals surface area contributed by atoms with Crippen molar-refractivity contribution in [1.29, 1.82) is 0 Å². The molecule has 2 aromatic heterocycles. The molecule has 1 aliphatic heterocycles. The first-order valence-electron chi connectivity index (χ1n) is 9.53. The standard InChI is InChI=1S/C21H23N5O2/c1-15-11-23-19-18(12-24-26(19)13-15)21(28)25-10-8-17(14-25)20(27)22-9-7-16-5-3-2-4-6-16/h2-6,11-13,17H,7-10,14H2,1H3,(H,22,27). The molecular formula is C21H23N5O2. The van der Waals surface area contributed by atoms with Crippen LogP contribution in [0.3, 0.4) is 0 Å². The first-order chi connectivity index (χ1) is 13.6. The number of nitrogens with one attached hydrogen (secondary N) is 1. The van der Waals surface area contributed by atoms with Gasteiger partial charge in [-0.1, -0.05) is 30.3 Å². The summed E-state index contributed by atoms with van der Waals surface area (Å²) in [6.45, 7) is 3.53. The van der Waals surface area contributed by atoms with Crippen molar-refractivity contribution in [3.05, 3.63) is 65.6 Å². The second-order valence-electron chi connectivity index (χ2n) is 7.22. The van der Waals surface area contributed by atoms with E-state index in [4.69, 9.17) is 0 Å². The van der Waals surface area contributed by atoms with Crippen LogP contribution in [0.5, 0.6) is 0 Å². The fourth-order valence-electron chi connectivity index (χ4n) is 3.57. The Balaban J connectivity index is 1.34. The molecule has 1 saturated heterocycles. The highest BCUT2D eigenvalue weighted by Crippen LogP contribution is 2.20. The number of carbonyl (C=O) groups excluding carboxylic acids is 2. The molecule has 0 bridgehead atoms. The zero-order valence-corrected chi connectivity index (χ0v) is 15.8. The van der Waals surface area contributed by atoms with Gasteiger partial charge in [-0.05, 0) is 30.9 Å². The van der Waals surface area contributed by atoms with E-state index in [0.29, 0.717) is 37.3 Å². The highest BCUT2D eigenvalue weighted by atomic mass is 16.2. The van der Waals surface area contributed by atoms with Crippen molar-refractivity contribution >= 4 is 17.5 Å². The van der Waals surface area contributed by atoms with Gasteiger partial charge in [0.25, 0.3) is 5.91 Å². The quantitative estimate of drug-likeness (QED) is 0.736. The summed E-state index contributed by atoms with van der Waals surface area (Å²) >= 11 is 0. The van der Waals surface area contributed by atoms with Crippen LogP contribution in [0.2, 0.25) is 0 Å². The lowest BCUT2D eigenvalue weighted by molar-refractivity contribution is -0.124. The Morgan fingerprint density at radius 1 is 1.21 bits per heavy atom. The third-order valence-electron chi connectivity index (χ3n) is 5.12. The molecule has 7 nitrogen and oxygen atoms in total. The molecule has 1 aliphatic rings. The van der Waals surface area contributed by atoms with Gasteiger partial charge >= 0.3 is 0 Å². The number of carbonyl (C=O) groups is 2. The zero-order valence-electron chi connectivity index (χ0n) is 15.8. The van der Waals surface area contributed by atoms with E-state index >= 15 is 0 Å². The van der Waals surface area contributed by atoms with Crippen molar-refractivity contribution in [1.82, 2.24) is 24.8 Å². The van der Waals surface area contributed by atoms with E-state index in [1.54, 1.807) is 21.8 Å². The summed E-state index contributed by atoms with van der Waals surface area (Å²) in [5.41, 5.74) is 3.20. The molecule has 0 saturated carbocycles. The third-order valence-corrected chi connectivity index (χ3v) is 5.12. The molecular weight excluding hydrogens is 354 g/mol. The Hall–Kier alpha value is -3.22. The van der Waals surface area contributed by atoms with Gasteiger partial charge in [0.15, 0.2) is 5.65 Å². The summed E-state index contributed by atoms with van der Waals surface area (Å²) < 4.78 is 1.62. The van der Waals surface area contributed by atoms with Crippen LogP contribution in [0.1, 0.15) is 27.9 Å². The summed E-state index contributed by atoms with van der Waals surface area (Å²) in [5, 5.41) is 7.22. The number of fused-ring (bicyclic) bond motifs is 1. The van der Waals surface area contributed by atoms with E-state index in [0.717, 1.165) is 12.0 Å². The highest BCUT2D eigenvalue weighted by molar-refractivity contribution is 6.00. The normalized spacial score (nSPS) is 16.5. The molecule has 28 heavy (non-hydrogen) atoms. The van der Waals surface area contributed by atoms with Crippen LogP contribution in [-0.2, 0) is 11.2 Å². The molecule has 2 amide bonds. The van der Waals surface area contributed by atoms with Gasteiger partial charge in [-0.3, -0.25) is 9.59 Å². The first kappa shape index (κ1) is 18.2. The maximum absolute atomic E-state index is 12.9. The number of rotatable bonds is 5. The van der Waals surface area contributed by atoms with Crippen molar-refractivity contribution in [2.45, 2.75) is 19.8 Å². The molecule has 1 unspecified atom stereocenters. The predicted octanol–water partition coefficient (Wildman–Crippen LogP) is 1.86. The number of aryl methyl sites for hydroxylation is 1. The maximum atomic E-state index is 12.9. The lowest BCUT2D eigenvalue weighted by Gasteiger charge is -2.16. The second-order valence-corrected chi connectivity index (χ2v) is 7.22. The average Bonchev–Trinajstić information content (AvgIpc) is 3.35. The van der Waals surface area contributed by atoms with Crippen LogP contribution in [0.15, 0.2) is 48.9 Å². The minimum Gasteiger partial charge on any atom is -0.355 e. The van der Waals surface area contributed by atoms with Gasteiger partial charge in [-0.25, -0.2) is 9.50 Å². The SMILES string of the molecule is Cc1cnc2c(C(=O)N3CCC(C(=O)NCCc4ccccc4)C3)cnn2c1. The summed E-state index contributed by atoms with van der Waals surface area (Å²) in [6.07, 6.45) is 6.59. The Morgan fingerprint density at radius 3 is 2.86 bits per heavy atom. The number of benzene rings is 1. The molecule has 0 radical (unpaired) electrons. The molecule has 4 rings (SSSR count). The summed E-state index contributed by atoms with van der Waals surface area (Å²) in [4.78, 5) is 31.4. The van der Waals surface area contributed by atoms with E-state index in [2.05, 4.69) is 15.4 Å². The van der Waals surface area contributed by atoms with Crippen LogP contribution in [0.4, 0.5) is 0 Å². The lowest BCUT2D eigenvalue weighted by Crippen LogP contribution is -2.35. The van der Waals surface area contributed by atoms with E-state index < -0.39 is 0 Å². The van der Waals surface area contributed by atoms with Crippen LogP contribution < -0.4 is 5.32 Å². The maximum Gasteiger partial charge on any atom is 0.259 e. The van der Waals surface area contributed by atoms with Gasteiger partial charge in [0.2, 0.25) is 5.91 Å². The molecule has 144 valence electrons. The number of hydrogen-bond donors (Lipinski definition) is 1. The summed E-state index contributed by atoms with van der Waals surface area (Å²) in [7, 11) is 0. The van der Waals surface area contributed by atoms with Gasteiger partial charge in [-0.15, -0.1) is 0 Å². The number of nitrogens with zero attached hydrogens (tertiary/aromatic N) is 4.